The minimum atomic E-state index is -0.548. The van der Waals surface area contributed by atoms with Crippen LogP contribution in [0, 0.1) is 10.1 Å². The van der Waals surface area contributed by atoms with Gasteiger partial charge in [0.05, 0.1) is 23.8 Å². The number of non-ortho nitro benzene ring substituents is 1. The summed E-state index contributed by atoms with van der Waals surface area (Å²) in [5.41, 5.74) is 0.458. The van der Waals surface area contributed by atoms with E-state index in [0.29, 0.717) is 11.4 Å². The van der Waals surface area contributed by atoms with Crippen molar-refractivity contribution in [2.24, 2.45) is 0 Å². The number of nitrogens with one attached hydrogen (secondary N) is 1. The van der Waals surface area contributed by atoms with Gasteiger partial charge in [0.25, 0.3) is 11.6 Å². The maximum atomic E-state index is 11.9. The van der Waals surface area contributed by atoms with Crippen LogP contribution in [0.2, 0.25) is 0 Å². The van der Waals surface area contributed by atoms with Crippen molar-refractivity contribution >= 4 is 33.2 Å². The number of benzene rings is 2. The van der Waals surface area contributed by atoms with Gasteiger partial charge in [0.1, 0.15) is 0 Å². The summed E-state index contributed by atoms with van der Waals surface area (Å²) in [6.07, 6.45) is 0. The lowest BCUT2D eigenvalue weighted by Gasteiger charge is -2.11. The number of methoxy groups -OCH3 is 1. The van der Waals surface area contributed by atoms with E-state index >= 15 is 0 Å². The molecule has 0 aromatic heterocycles. The molecule has 0 saturated heterocycles. The minimum absolute atomic E-state index is 0.129. The Bertz CT molecular complexity index is 736. The first-order chi connectivity index (χ1) is 11.0. The van der Waals surface area contributed by atoms with Crippen LogP contribution in [-0.4, -0.2) is 24.5 Å². The maximum Gasteiger partial charge on any atom is 0.273 e. The number of nitrogens with zero attached hydrogens (tertiary/aromatic N) is 1. The van der Waals surface area contributed by atoms with Gasteiger partial charge in [-0.15, -0.1) is 0 Å². The summed E-state index contributed by atoms with van der Waals surface area (Å²) in [4.78, 5) is 22.2. The smallest absolute Gasteiger partial charge is 0.273 e. The lowest BCUT2D eigenvalue weighted by molar-refractivity contribution is -0.385. The predicted molar refractivity (Wildman–Crippen MR) is 87.9 cm³/mol. The maximum absolute atomic E-state index is 11.9. The van der Waals surface area contributed by atoms with E-state index in [0.717, 1.165) is 4.47 Å². The Kier molecular flexibility index (Phi) is 5.53. The normalized spacial score (nSPS) is 10.0. The molecule has 0 fully saturated rings. The molecular formula is C15H13BrN2O5. The minimum Gasteiger partial charge on any atom is -0.493 e. The SMILES string of the molecule is COc1ccc([N+](=O)[O-])cc1OCC(=O)Nc1ccccc1Br. The molecule has 0 aliphatic heterocycles. The van der Waals surface area contributed by atoms with Gasteiger partial charge in [-0.3, -0.25) is 14.9 Å². The van der Waals surface area contributed by atoms with Crippen LogP contribution in [0.4, 0.5) is 11.4 Å². The number of amides is 1. The van der Waals surface area contributed by atoms with Gasteiger partial charge in [0.2, 0.25) is 0 Å². The van der Waals surface area contributed by atoms with E-state index in [1.807, 2.05) is 6.07 Å². The monoisotopic (exact) mass is 380 g/mol. The highest BCUT2D eigenvalue weighted by Crippen LogP contribution is 2.31. The van der Waals surface area contributed by atoms with Gasteiger partial charge >= 0.3 is 0 Å². The second-order valence-corrected chi connectivity index (χ2v) is 5.26. The molecule has 0 atom stereocenters. The van der Waals surface area contributed by atoms with Crippen molar-refractivity contribution in [2.45, 2.75) is 0 Å². The van der Waals surface area contributed by atoms with Gasteiger partial charge in [-0.05, 0) is 34.1 Å². The number of halogens is 1. The lowest BCUT2D eigenvalue weighted by Crippen LogP contribution is -2.20. The molecule has 0 aliphatic rings. The van der Waals surface area contributed by atoms with Gasteiger partial charge in [-0.25, -0.2) is 0 Å². The van der Waals surface area contributed by atoms with E-state index in [2.05, 4.69) is 21.2 Å². The summed E-state index contributed by atoms with van der Waals surface area (Å²) in [6, 6.07) is 11.1. The molecule has 7 nitrogen and oxygen atoms in total. The fourth-order valence-corrected chi connectivity index (χ4v) is 2.17. The molecule has 2 aromatic carbocycles. The number of ether oxygens (including phenoxy) is 2. The molecule has 2 rings (SSSR count). The van der Waals surface area contributed by atoms with Crippen molar-refractivity contribution in [3.05, 3.63) is 57.1 Å². The van der Waals surface area contributed by atoms with E-state index in [4.69, 9.17) is 9.47 Å². The molecule has 120 valence electrons. The molecule has 23 heavy (non-hydrogen) atoms. The summed E-state index contributed by atoms with van der Waals surface area (Å²) in [5, 5.41) is 13.5. The van der Waals surface area contributed by atoms with Crippen molar-refractivity contribution < 1.29 is 19.2 Å². The lowest BCUT2D eigenvalue weighted by atomic mass is 10.3. The van der Waals surface area contributed by atoms with E-state index in [-0.39, 0.29) is 18.0 Å². The number of hydrogen-bond acceptors (Lipinski definition) is 5. The highest BCUT2D eigenvalue weighted by atomic mass is 79.9. The summed E-state index contributed by atoms with van der Waals surface area (Å²) in [6.45, 7) is -0.307. The number of carbonyl (C=O) groups excluding carboxylic acids is 1. The standard InChI is InChI=1S/C15H13BrN2O5/c1-22-13-7-6-10(18(20)21)8-14(13)23-9-15(19)17-12-5-3-2-4-11(12)16/h2-8H,9H2,1H3,(H,17,19). The molecule has 2 aromatic rings. The van der Waals surface area contributed by atoms with Crippen LogP contribution < -0.4 is 14.8 Å². The summed E-state index contributed by atoms with van der Waals surface area (Å²) in [5.74, 6) is 0.0405. The fraction of sp³-hybridized carbons (Fsp3) is 0.133. The number of nitro groups is 1. The number of para-hydroxylation sites is 1. The molecule has 0 saturated carbocycles. The quantitative estimate of drug-likeness (QED) is 0.612. The van der Waals surface area contributed by atoms with Crippen molar-refractivity contribution in [1.29, 1.82) is 0 Å². The third kappa shape index (κ3) is 4.43. The van der Waals surface area contributed by atoms with Crippen molar-refractivity contribution in [1.82, 2.24) is 0 Å². The zero-order valence-corrected chi connectivity index (χ0v) is 13.7. The molecule has 8 heteroatoms. The first-order valence-corrected chi connectivity index (χ1v) is 7.30. The Morgan fingerprint density at radius 2 is 2.00 bits per heavy atom. The van der Waals surface area contributed by atoms with Gasteiger partial charge in [-0.2, -0.15) is 0 Å². The molecule has 0 spiro atoms. The Labute approximate surface area is 140 Å². The van der Waals surface area contributed by atoms with Gasteiger partial charge < -0.3 is 14.8 Å². The summed E-state index contributed by atoms with van der Waals surface area (Å²) in [7, 11) is 1.41. The van der Waals surface area contributed by atoms with Gasteiger partial charge in [0.15, 0.2) is 18.1 Å². The van der Waals surface area contributed by atoms with Gasteiger partial charge in [0, 0.05) is 10.5 Å². The van der Waals surface area contributed by atoms with E-state index < -0.39 is 10.8 Å². The Morgan fingerprint density at radius 1 is 1.26 bits per heavy atom. The van der Waals surface area contributed by atoms with E-state index in [1.165, 1.54) is 25.3 Å². The Morgan fingerprint density at radius 3 is 2.65 bits per heavy atom. The third-order valence-electron chi connectivity index (χ3n) is 2.86. The highest BCUT2D eigenvalue weighted by molar-refractivity contribution is 9.10. The zero-order chi connectivity index (χ0) is 16.8. The fourth-order valence-electron chi connectivity index (χ4n) is 1.78. The first-order valence-electron chi connectivity index (χ1n) is 6.51. The second-order valence-electron chi connectivity index (χ2n) is 4.41. The topological polar surface area (TPSA) is 90.7 Å². The average molecular weight is 381 g/mol. The molecule has 1 amide bonds. The molecule has 0 heterocycles. The predicted octanol–water partition coefficient (Wildman–Crippen LogP) is 3.38. The number of anilines is 1. The molecular weight excluding hydrogens is 368 g/mol. The number of nitro benzene ring substituents is 1. The summed E-state index contributed by atoms with van der Waals surface area (Å²) < 4.78 is 11.1. The van der Waals surface area contributed by atoms with Crippen molar-refractivity contribution in [3.8, 4) is 11.5 Å². The average Bonchev–Trinajstić information content (AvgIpc) is 2.54. The van der Waals surface area contributed by atoms with Crippen molar-refractivity contribution in [2.75, 3.05) is 19.0 Å². The van der Waals surface area contributed by atoms with Crippen LogP contribution in [-0.2, 0) is 4.79 Å². The van der Waals surface area contributed by atoms with Crippen LogP contribution in [0.15, 0.2) is 46.9 Å². The second kappa shape index (κ2) is 7.59. The van der Waals surface area contributed by atoms with Crippen LogP contribution in [0.1, 0.15) is 0 Å². The zero-order valence-electron chi connectivity index (χ0n) is 12.1. The van der Waals surface area contributed by atoms with Crippen LogP contribution in [0.5, 0.6) is 11.5 Å². The molecule has 0 aliphatic carbocycles. The highest BCUT2D eigenvalue weighted by Gasteiger charge is 2.14. The molecule has 1 N–H and O–H groups in total. The molecule has 0 bridgehead atoms. The number of carbonyl (C=O) groups is 1. The first kappa shape index (κ1) is 16.8. The number of hydrogen-bond donors (Lipinski definition) is 1. The van der Waals surface area contributed by atoms with E-state index in [9.17, 15) is 14.9 Å². The van der Waals surface area contributed by atoms with E-state index in [1.54, 1.807) is 18.2 Å². The van der Waals surface area contributed by atoms with Crippen LogP contribution in [0.3, 0.4) is 0 Å². The van der Waals surface area contributed by atoms with Crippen LogP contribution in [0.25, 0.3) is 0 Å². The number of rotatable bonds is 6. The largest absolute Gasteiger partial charge is 0.493 e. The molecule has 0 unspecified atom stereocenters. The van der Waals surface area contributed by atoms with Gasteiger partial charge in [-0.1, -0.05) is 12.1 Å². The third-order valence-corrected chi connectivity index (χ3v) is 3.56. The molecule has 0 radical (unpaired) electrons. The Hall–Kier alpha value is -2.61. The van der Waals surface area contributed by atoms with Crippen molar-refractivity contribution in [3.63, 3.8) is 0 Å². The summed E-state index contributed by atoms with van der Waals surface area (Å²) >= 11 is 3.32. The van der Waals surface area contributed by atoms with Crippen LogP contribution >= 0.6 is 15.9 Å². The Balaban J connectivity index is 2.05.